The van der Waals surface area contributed by atoms with Gasteiger partial charge in [0.15, 0.2) is 0 Å². The Kier molecular flexibility index (Phi) is 7.46. The predicted octanol–water partition coefficient (Wildman–Crippen LogP) is 4.65. The molecule has 0 saturated heterocycles. The Morgan fingerprint density at radius 2 is 1.87 bits per heavy atom. The van der Waals surface area contributed by atoms with Crippen LogP contribution in [-0.4, -0.2) is 12.8 Å². The standard InChI is InChI=1S/C11H24FO2P/c1-5-10(4)11(6-2)8-9-14-15(12,13)7-3/h10-11H,5-9H2,1-4H3. The minimum absolute atomic E-state index is 0.0207. The van der Waals surface area contributed by atoms with Crippen molar-refractivity contribution in [3.8, 4) is 0 Å². The van der Waals surface area contributed by atoms with Crippen LogP contribution in [-0.2, 0) is 9.09 Å². The van der Waals surface area contributed by atoms with Crippen LogP contribution >= 0.6 is 7.68 Å². The van der Waals surface area contributed by atoms with Gasteiger partial charge >= 0.3 is 7.68 Å². The summed E-state index contributed by atoms with van der Waals surface area (Å²) >= 11 is 0. The zero-order valence-electron chi connectivity index (χ0n) is 10.3. The van der Waals surface area contributed by atoms with Crippen LogP contribution in [0.25, 0.3) is 0 Å². The topological polar surface area (TPSA) is 26.3 Å². The lowest BCUT2D eigenvalue weighted by Gasteiger charge is -2.21. The van der Waals surface area contributed by atoms with Crippen molar-refractivity contribution in [3.05, 3.63) is 0 Å². The molecule has 0 aromatic carbocycles. The van der Waals surface area contributed by atoms with Gasteiger partial charge in [0.2, 0.25) is 0 Å². The van der Waals surface area contributed by atoms with E-state index in [9.17, 15) is 8.76 Å². The SMILES string of the molecule is CCC(C)C(CC)CCOP(=O)(F)CC. The van der Waals surface area contributed by atoms with Crippen LogP contribution in [0.15, 0.2) is 0 Å². The molecular weight excluding hydrogens is 214 g/mol. The van der Waals surface area contributed by atoms with E-state index < -0.39 is 7.68 Å². The molecule has 0 radical (unpaired) electrons. The molecule has 4 heteroatoms. The third-order valence-corrected chi connectivity index (χ3v) is 4.45. The Morgan fingerprint density at radius 1 is 1.27 bits per heavy atom. The second-order valence-electron chi connectivity index (χ2n) is 4.08. The van der Waals surface area contributed by atoms with Crippen molar-refractivity contribution in [2.45, 2.75) is 47.0 Å². The average Bonchev–Trinajstić information content (AvgIpc) is 2.23. The molecule has 0 rings (SSSR count). The molecule has 0 aromatic heterocycles. The summed E-state index contributed by atoms with van der Waals surface area (Å²) in [5.41, 5.74) is 0. The van der Waals surface area contributed by atoms with Crippen LogP contribution in [0.5, 0.6) is 0 Å². The monoisotopic (exact) mass is 238 g/mol. The highest BCUT2D eigenvalue weighted by atomic mass is 31.2. The molecule has 0 saturated carbocycles. The van der Waals surface area contributed by atoms with E-state index in [0.717, 1.165) is 19.3 Å². The molecule has 92 valence electrons. The summed E-state index contributed by atoms with van der Waals surface area (Å²) < 4.78 is 28.8. The van der Waals surface area contributed by atoms with E-state index in [4.69, 9.17) is 4.52 Å². The molecule has 0 heterocycles. The maximum atomic E-state index is 13.0. The lowest BCUT2D eigenvalue weighted by Crippen LogP contribution is -2.12. The summed E-state index contributed by atoms with van der Waals surface area (Å²) in [5.74, 6) is 1.17. The molecule has 2 nitrogen and oxygen atoms in total. The fourth-order valence-corrected chi connectivity index (χ4v) is 2.22. The van der Waals surface area contributed by atoms with E-state index in [1.807, 2.05) is 0 Å². The summed E-state index contributed by atoms with van der Waals surface area (Å²) in [7, 11) is -3.78. The van der Waals surface area contributed by atoms with Crippen LogP contribution in [0, 0.1) is 11.8 Å². The largest absolute Gasteiger partial charge is 0.367 e. The quantitative estimate of drug-likeness (QED) is 0.575. The second kappa shape index (κ2) is 7.40. The maximum Gasteiger partial charge on any atom is 0.367 e. The van der Waals surface area contributed by atoms with Crippen LogP contribution in [0.3, 0.4) is 0 Å². The van der Waals surface area contributed by atoms with Crippen molar-refractivity contribution in [2.24, 2.45) is 11.8 Å². The Bertz CT molecular complexity index is 209. The van der Waals surface area contributed by atoms with Crippen molar-refractivity contribution in [2.75, 3.05) is 12.8 Å². The molecule has 0 spiro atoms. The fraction of sp³-hybridized carbons (Fsp3) is 1.00. The summed E-state index contributed by atoms with van der Waals surface area (Å²) in [5, 5.41) is 0. The van der Waals surface area contributed by atoms with Gasteiger partial charge < -0.3 is 4.52 Å². The van der Waals surface area contributed by atoms with Gasteiger partial charge in [-0.3, -0.25) is 4.57 Å². The van der Waals surface area contributed by atoms with Gasteiger partial charge in [-0.15, -0.1) is 0 Å². The molecule has 0 amide bonds. The third kappa shape index (κ3) is 6.32. The van der Waals surface area contributed by atoms with Crippen LogP contribution in [0.2, 0.25) is 0 Å². The molecule has 3 atom stereocenters. The van der Waals surface area contributed by atoms with Gasteiger partial charge in [0, 0.05) is 0 Å². The normalized spacial score (nSPS) is 19.5. The lowest BCUT2D eigenvalue weighted by molar-refractivity contribution is 0.224. The van der Waals surface area contributed by atoms with Crippen LogP contribution < -0.4 is 0 Å². The summed E-state index contributed by atoms with van der Waals surface area (Å²) in [6.07, 6.45) is 2.98. The Balaban J connectivity index is 3.87. The molecule has 0 bridgehead atoms. The van der Waals surface area contributed by atoms with Crippen molar-refractivity contribution in [3.63, 3.8) is 0 Å². The minimum atomic E-state index is -3.78. The third-order valence-electron chi connectivity index (χ3n) is 3.12. The Hall–Kier alpha value is 0.120. The van der Waals surface area contributed by atoms with E-state index in [2.05, 4.69) is 20.8 Å². The predicted molar refractivity (Wildman–Crippen MR) is 63.1 cm³/mol. The van der Waals surface area contributed by atoms with E-state index in [-0.39, 0.29) is 12.8 Å². The Labute approximate surface area is 93.2 Å². The molecule has 3 unspecified atom stereocenters. The highest BCUT2D eigenvalue weighted by Crippen LogP contribution is 2.48. The summed E-state index contributed by atoms with van der Waals surface area (Å²) in [6.45, 7) is 8.31. The lowest BCUT2D eigenvalue weighted by atomic mass is 9.87. The Morgan fingerprint density at radius 3 is 2.27 bits per heavy atom. The van der Waals surface area contributed by atoms with Gasteiger partial charge in [-0.1, -0.05) is 40.5 Å². The smallest absolute Gasteiger partial charge is 0.306 e. The molecule has 0 aliphatic heterocycles. The first kappa shape index (κ1) is 15.1. The van der Waals surface area contributed by atoms with Gasteiger partial charge in [0.25, 0.3) is 0 Å². The van der Waals surface area contributed by atoms with Crippen molar-refractivity contribution in [1.29, 1.82) is 0 Å². The van der Waals surface area contributed by atoms with Gasteiger partial charge in [-0.05, 0) is 18.3 Å². The molecule has 0 aliphatic rings. The number of hydrogen-bond acceptors (Lipinski definition) is 2. The molecule has 0 N–H and O–H groups in total. The van der Waals surface area contributed by atoms with E-state index in [1.54, 1.807) is 6.92 Å². The zero-order valence-corrected chi connectivity index (χ0v) is 11.2. The first-order valence-corrected chi connectivity index (χ1v) is 7.60. The maximum absolute atomic E-state index is 13.0. The number of rotatable bonds is 8. The highest BCUT2D eigenvalue weighted by Gasteiger charge is 2.20. The highest BCUT2D eigenvalue weighted by molar-refractivity contribution is 7.53. The molecular formula is C11H24FO2P. The van der Waals surface area contributed by atoms with Crippen LogP contribution in [0.1, 0.15) is 47.0 Å². The van der Waals surface area contributed by atoms with E-state index >= 15 is 0 Å². The molecule has 0 fully saturated rings. The summed E-state index contributed by atoms with van der Waals surface area (Å²) in [6, 6.07) is 0. The van der Waals surface area contributed by atoms with Crippen molar-refractivity contribution in [1.82, 2.24) is 0 Å². The molecule has 0 aliphatic carbocycles. The van der Waals surface area contributed by atoms with Gasteiger partial charge in [0.1, 0.15) is 0 Å². The first-order chi connectivity index (χ1) is 6.96. The van der Waals surface area contributed by atoms with Crippen LogP contribution in [0.4, 0.5) is 4.20 Å². The summed E-state index contributed by atoms with van der Waals surface area (Å²) in [4.78, 5) is 0. The van der Waals surface area contributed by atoms with Gasteiger partial charge in [0.05, 0.1) is 12.8 Å². The minimum Gasteiger partial charge on any atom is -0.306 e. The number of hydrogen-bond donors (Lipinski definition) is 0. The van der Waals surface area contributed by atoms with E-state index in [0.29, 0.717) is 11.8 Å². The first-order valence-electron chi connectivity index (χ1n) is 5.90. The average molecular weight is 238 g/mol. The zero-order chi connectivity index (χ0) is 11.9. The fourth-order valence-electron chi connectivity index (χ4n) is 1.66. The van der Waals surface area contributed by atoms with Crippen molar-refractivity contribution < 1.29 is 13.3 Å². The van der Waals surface area contributed by atoms with Gasteiger partial charge in [-0.25, -0.2) is 0 Å². The second-order valence-corrected chi connectivity index (χ2v) is 6.15. The number of halogens is 1. The van der Waals surface area contributed by atoms with Gasteiger partial charge in [-0.2, -0.15) is 4.20 Å². The molecule has 15 heavy (non-hydrogen) atoms. The molecule has 0 aromatic rings. The van der Waals surface area contributed by atoms with E-state index in [1.165, 1.54) is 0 Å². The van der Waals surface area contributed by atoms with Crippen molar-refractivity contribution >= 4 is 7.68 Å².